The fraction of sp³-hybridized carbons (Fsp3) is 0.385. The van der Waals surface area contributed by atoms with E-state index in [1.54, 1.807) is 23.1 Å². The smallest absolute Gasteiger partial charge is 0.208 e. The normalized spacial score (nSPS) is 12.4. The molecule has 0 aliphatic carbocycles. The molecule has 0 radical (unpaired) electrons. The van der Waals surface area contributed by atoms with Gasteiger partial charge in [-0.3, -0.25) is 0 Å². The predicted molar refractivity (Wildman–Crippen MR) is 87.2 cm³/mol. The fourth-order valence-electron chi connectivity index (χ4n) is 1.63. The van der Waals surface area contributed by atoms with Crippen LogP contribution >= 0.6 is 34.7 Å². The van der Waals surface area contributed by atoms with Gasteiger partial charge in [0.15, 0.2) is 4.34 Å². The van der Waals surface area contributed by atoms with E-state index in [2.05, 4.69) is 10.2 Å². The molecule has 0 bridgehead atoms. The molecule has 4 nitrogen and oxygen atoms in total. The van der Waals surface area contributed by atoms with Gasteiger partial charge in [0.25, 0.3) is 0 Å². The average Bonchev–Trinajstić information content (AvgIpc) is 2.81. The molecule has 0 saturated carbocycles. The summed E-state index contributed by atoms with van der Waals surface area (Å²) in [5.41, 5.74) is 6.88. The lowest BCUT2D eigenvalue weighted by Crippen LogP contribution is -2.17. The van der Waals surface area contributed by atoms with Gasteiger partial charge in [-0.15, -0.1) is 10.2 Å². The molecular weight excluding hydrogens is 312 g/mol. The molecule has 20 heavy (non-hydrogen) atoms. The number of hydrogen-bond donors (Lipinski definition) is 1. The van der Waals surface area contributed by atoms with Crippen LogP contribution in [0.1, 0.15) is 12.5 Å². The second-order valence-electron chi connectivity index (χ2n) is 4.78. The number of anilines is 1. The lowest BCUT2D eigenvalue weighted by molar-refractivity contribution is 0.738. The third kappa shape index (κ3) is 4.09. The summed E-state index contributed by atoms with van der Waals surface area (Å²) in [6.07, 6.45) is 0.785. The Morgan fingerprint density at radius 3 is 2.70 bits per heavy atom. The number of rotatable bonds is 5. The highest BCUT2D eigenvalue weighted by Gasteiger charge is 2.09. The van der Waals surface area contributed by atoms with Gasteiger partial charge in [0.05, 0.1) is 0 Å². The summed E-state index contributed by atoms with van der Waals surface area (Å²) in [5.74, 6) is 0. The lowest BCUT2D eigenvalue weighted by atomic mass is 10.1. The van der Waals surface area contributed by atoms with E-state index < -0.39 is 0 Å². The highest BCUT2D eigenvalue weighted by molar-refractivity contribution is 8.01. The standard InChI is InChI=1S/C13H17ClN4S2/c1-8(15)6-9-4-5-10(7-11(9)14)19-13-17-16-12(20-13)18(2)3/h4-5,7-8H,6,15H2,1-3H3. The van der Waals surface area contributed by atoms with E-state index in [-0.39, 0.29) is 6.04 Å². The van der Waals surface area contributed by atoms with Gasteiger partial charge < -0.3 is 10.6 Å². The summed E-state index contributed by atoms with van der Waals surface area (Å²) in [7, 11) is 3.91. The minimum absolute atomic E-state index is 0.108. The zero-order valence-electron chi connectivity index (χ0n) is 11.6. The minimum Gasteiger partial charge on any atom is -0.353 e. The van der Waals surface area contributed by atoms with Crippen molar-refractivity contribution in [3.63, 3.8) is 0 Å². The third-order valence-corrected chi connectivity index (χ3v) is 5.03. The van der Waals surface area contributed by atoms with Gasteiger partial charge in [-0.25, -0.2) is 0 Å². The van der Waals surface area contributed by atoms with Crippen molar-refractivity contribution in [2.45, 2.75) is 28.6 Å². The molecule has 2 aromatic rings. The first-order valence-corrected chi connectivity index (χ1v) is 8.19. The number of nitrogens with zero attached hydrogens (tertiary/aromatic N) is 3. The van der Waals surface area contributed by atoms with Crippen LogP contribution in [0.4, 0.5) is 5.13 Å². The first-order chi connectivity index (χ1) is 9.45. The largest absolute Gasteiger partial charge is 0.353 e. The van der Waals surface area contributed by atoms with Crippen LogP contribution in [0.25, 0.3) is 0 Å². The topological polar surface area (TPSA) is 55.0 Å². The summed E-state index contributed by atoms with van der Waals surface area (Å²) in [6.45, 7) is 1.98. The summed E-state index contributed by atoms with van der Waals surface area (Å²) >= 11 is 9.42. The molecule has 1 aromatic carbocycles. The molecule has 1 heterocycles. The average molecular weight is 329 g/mol. The molecule has 0 fully saturated rings. The van der Waals surface area contributed by atoms with E-state index in [1.165, 1.54) is 0 Å². The second kappa shape index (κ2) is 6.76. The SMILES string of the molecule is CC(N)Cc1ccc(Sc2nnc(N(C)C)s2)cc1Cl. The van der Waals surface area contributed by atoms with Gasteiger partial charge in [0, 0.05) is 30.1 Å². The number of aromatic nitrogens is 2. The van der Waals surface area contributed by atoms with Crippen molar-refractivity contribution >= 4 is 39.8 Å². The van der Waals surface area contributed by atoms with Gasteiger partial charge in [-0.2, -0.15) is 0 Å². The summed E-state index contributed by atoms with van der Waals surface area (Å²) in [6, 6.07) is 6.14. The van der Waals surface area contributed by atoms with Crippen molar-refractivity contribution in [2.75, 3.05) is 19.0 Å². The van der Waals surface area contributed by atoms with E-state index in [0.29, 0.717) is 0 Å². The molecule has 0 saturated heterocycles. The maximum Gasteiger partial charge on any atom is 0.208 e. The quantitative estimate of drug-likeness (QED) is 0.912. The Morgan fingerprint density at radius 2 is 2.15 bits per heavy atom. The molecule has 1 aromatic heterocycles. The summed E-state index contributed by atoms with van der Waals surface area (Å²) in [4.78, 5) is 3.00. The van der Waals surface area contributed by atoms with Gasteiger partial charge in [0.2, 0.25) is 5.13 Å². The van der Waals surface area contributed by atoms with E-state index in [9.17, 15) is 0 Å². The first kappa shape index (κ1) is 15.6. The van der Waals surface area contributed by atoms with Crippen molar-refractivity contribution in [2.24, 2.45) is 5.73 Å². The number of benzene rings is 1. The zero-order chi connectivity index (χ0) is 14.7. The molecule has 7 heteroatoms. The van der Waals surface area contributed by atoms with Crippen LogP contribution in [0.3, 0.4) is 0 Å². The summed E-state index contributed by atoms with van der Waals surface area (Å²) < 4.78 is 0.907. The van der Waals surface area contributed by atoms with E-state index in [1.807, 2.05) is 44.1 Å². The Morgan fingerprint density at radius 1 is 1.40 bits per heavy atom. The monoisotopic (exact) mass is 328 g/mol. The molecule has 108 valence electrons. The van der Waals surface area contributed by atoms with Crippen molar-refractivity contribution in [3.8, 4) is 0 Å². The molecule has 0 spiro atoms. The van der Waals surface area contributed by atoms with E-state index >= 15 is 0 Å². The molecule has 2 rings (SSSR count). The Kier molecular flexibility index (Phi) is 5.26. The van der Waals surface area contributed by atoms with Crippen LogP contribution < -0.4 is 10.6 Å². The van der Waals surface area contributed by atoms with Gasteiger partial charge in [-0.05, 0) is 31.0 Å². The van der Waals surface area contributed by atoms with Crippen LogP contribution in [-0.4, -0.2) is 30.3 Å². The molecule has 0 aliphatic heterocycles. The molecule has 0 aliphatic rings. The van der Waals surface area contributed by atoms with Crippen molar-refractivity contribution < 1.29 is 0 Å². The molecule has 0 amide bonds. The second-order valence-corrected chi connectivity index (χ2v) is 7.47. The van der Waals surface area contributed by atoms with Crippen LogP contribution in [0.15, 0.2) is 27.4 Å². The molecule has 1 unspecified atom stereocenters. The maximum atomic E-state index is 6.29. The number of halogens is 1. The fourth-order valence-corrected chi connectivity index (χ4v) is 3.73. The molecule has 1 atom stereocenters. The first-order valence-electron chi connectivity index (χ1n) is 6.18. The lowest BCUT2D eigenvalue weighted by Gasteiger charge is -2.08. The highest BCUT2D eigenvalue weighted by atomic mass is 35.5. The Labute approximate surface area is 132 Å². The van der Waals surface area contributed by atoms with Crippen molar-refractivity contribution in [1.29, 1.82) is 0 Å². The number of nitrogens with two attached hydrogens (primary N) is 1. The number of hydrogen-bond acceptors (Lipinski definition) is 6. The van der Waals surface area contributed by atoms with E-state index in [0.717, 1.165) is 31.4 Å². The molecule has 2 N–H and O–H groups in total. The Hall–Kier alpha value is -0.820. The maximum absolute atomic E-state index is 6.29. The predicted octanol–water partition coefficient (Wildman–Crippen LogP) is 3.30. The van der Waals surface area contributed by atoms with Gasteiger partial charge in [0.1, 0.15) is 0 Å². The Bertz CT molecular complexity index is 584. The van der Waals surface area contributed by atoms with Crippen LogP contribution in [-0.2, 0) is 6.42 Å². The van der Waals surface area contributed by atoms with Gasteiger partial charge >= 0.3 is 0 Å². The zero-order valence-corrected chi connectivity index (χ0v) is 14.0. The van der Waals surface area contributed by atoms with E-state index in [4.69, 9.17) is 17.3 Å². The van der Waals surface area contributed by atoms with Crippen molar-refractivity contribution in [3.05, 3.63) is 28.8 Å². The third-order valence-electron chi connectivity index (χ3n) is 2.55. The van der Waals surface area contributed by atoms with Crippen LogP contribution in [0, 0.1) is 0 Å². The van der Waals surface area contributed by atoms with Crippen LogP contribution in [0.5, 0.6) is 0 Å². The van der Waals surface area contributed by atoms with Crippen LogP contribution in [0.2, 0.25) is 5.02 Å². The van der Waals surface area contributed by atoms with Gasteiger partial charge in [-0.1, -0.05) is 40.8 Å². The molecular formula is C13H17ClN4S2. The summed E-state index contributed by atoms with van der Waals surface area (Å²) in [5, 5.41) is 9.93. The Balaban J connectivity index is 2.11. The highest BCUT2D eigenvalue weighted by Crippen LogP contribution is 2.34. The van der Waals surface area contributed by atoms with Crippen molar-refractivity contribution in [1.82, 2.24) is 10.2 Å². The minimum atomic E-state index is 0.108.